The molecule has 8 nitrogen and oxygen atoms in total. The molecule has 144 valence electrons. The smallest absolute Gasteiger partial charge is 0.420 e. The van der Waals surface area contributed by atoms with Crippen molar-refractivity contribution in [1.82, 2.24) is 14.5 Å². The monoisotopic (exact) mass is 388 g/mol. The number of carbonyl (C=O) groups excluding carboxylic acids is 1. The molecule has 0 bridgehead atoms. The van der Waals surface area contributed by atoms with E-state index in [9.17, 15) is 9.59 Å². The number of H-pyrrole nitrogens is 1. The Bertz CT molecular complexity index is 1390. The Morgan fingerprint density at radius 3 is 2.86 bits per heavy atom. The number of furan rings is 1. The first kappa shape index (κ1) is 17.1. The Kier molecular flexibility index (Phi) is 3.83. The summed E-state index contributed by atoms with van der Waals surface area (Å²) in [4.78, 5) is 32.7. The topological polar surface area (TPSA) is 106 Å². The lowest BCUT2D eigenvalue weighted by Gasteiger charge is -2.13. The summed E-state index contributed by atoms with van der Waals surface area (Å²) in [6.45, 7) is 1.66. The number of benzene rings is 2. The van der Waals surface area contributed by atoms with E-state index < -0.39 is 11.8 Å². The summed E-state index contributed by atoms with van der Waals surface area (Å²) in [5.41, 5.74) is 3.12. The molecule has 2 N–H and O–H groups in total. The Labute approximate surface area is 163 Å². The standard InChI is InChI=1S/C21H16N4O4/c1-12(25-16-5-2-3-6-17(16)29-21(25)27)20(26)22-13-8-9-14-15(11-13)24-19(23-14)18-7-4-10-28-18/h2-12H,1H3,(H,22,26)(H,23,24). The van der Waals surface area contributed by atoms with Gasteiger partial charge in [-0.05, 0) is 49.4 Å². The van der Waals surface area contributed by atoms with Crippen molar-refractivity contribution in [1.29, 1.82) is 0 Å². The summed E-state index contributed by atoms with van der Waals surface area (Å²) < 4.78 is 11.9. The van der Waals surface area contributed by atoms with Crippen LogP contribution in [0.1, 0.15) is 13.0 Å². The molecule has 1 unspecified atom stereocenters. The van der Waals surface area contributed by atoms with E-state index in [1.807, 2.05) is 6.07 Å². The zero-order chi connectivity index (χ0) is 20.0. The number of carbonyl (C=O) groups is 1. The summed E-state index contributed by atoms with van der Waals surface area (Å²) in [5.74, 6) is 0.342. The summed E-state index contributed by atoms with van der Waals surface area (Å²) in [5, 5.41) is 2.85. The third-order valence-corrected chi connectivity index (χ3v) is 4.79. The van der Waals surface area contributed by atoms with Crippen LogP contribution < -0.4 is 11.1 Å². The summed E-state index contributed by atoms with van der Waals surface area (Å²) in [6.07, 6.45) is 1.58. The third-order valence-electron chi connectivity index (χ3n) is 4.79. The average molecular weight is 388 g/mol. The number of oxazole rings is 1. The van der Waals surface area contributed by atoms with Crippen LogP contribution in [-0.2, 0) is 4.79 Å². The van der Waals surface area contributed by atoms with Crippen LogP contribution in [0.5, 0.6) is 0 Å². The maximum atomic E-state index is 12.8. The number of hydrogen-bond acceptors (Lipinski definition) is 5. The van der Waals surface area contributed by atoms with Crippen LogP contribution >= 0.6 is 0 Å². The number of amides is 1. The van der Waals surface area contributed by atoms with E-state index in [1.165, 1.54) is 4.57 Å². The molecule has 5 rings (SSSR count). The molecule has 29 heavy (non-hydrogen) atoms. The molecule has 2 aromatic carbocycles. The van der Waals surface area contributed by atoms with Gasteiger partial charge in [-0.1, -0.05) is 12.1 Å². The second kappa shape index (κ2) is 6.52. The molecular formula is C21H16N4O4. The molecule has 0 aliphatic rings. The van der Waals surface area contributed by atoms with Crippen LogP contribution in [0.25, 0.3) is 33.7 Å². The predicted octanol–water partition coefficient (Wildman–Crippen LogP) is 3.93. The molecule has 0 fully saturated rings. The molecule has 3 aromatic heterocycles. The van der Waals surface area contributed by atoms with Crippen LogP contribution in [0.4, 0.5) is 5.69 Å². The number of hydrogen-bond donors (Lipinski definition) is 2. The van der Waals surface area contributed by atoms with Gasteiger partial charge in [-0.3, -0.25) is 9.36 Å². The Hall–Kier alpha value is -4.07. The number of nitrogens with zero attached hydrogens (tertiary/aromatic N) is 2. The van der Waals surface area contributed by atoms with Gasteiger partial charge in [0.15, 0.2) is 17.2 Å². The number of fused-ring (bicyclic) bond motifs is 2. The van der Waals surface area contributed by atoms with E-state index in [1.54, 1.807) is 61.7 Å². The number of imidazole rings is 1. The van der Waals surface area contributed by atoms with Crippen LogP contribution in [0.3, 0.4) is 0 Å². The number of para-hydroxylation sites is 2. The molecule has 1 atom stereocenters. The quantitative estimate of drug-likeness (QED) is 0.485. The highest BCUT2D eigenvalue weighted by Crippen LogP contribution is 2.24. The molecule has 0 aliphatic heterocycles. The van der Waals surface area contributed by atoms with Crippen molar-refractivity contribution >= 4 is 33.7 Å². The minimum absolute atomic E-state index is 0.330. The molecule has 5 aromatic rings. The van der Waals surface area contributed by atoms with Gasteiger partial charge < -0.3 is 19.1 Å². The molecule has 1 amide bonds. The fourth-order valence-corrected chi connectivity index (χ4v) is 3.33. The van der Waals surface area contributed by atoms with Gasteiger partial charge >= 0.3 is 5.76 Å². The van der Waals surface area contributed by atoms with Crippen molar-refractivity contribution in [2.24, 2.45) is 0 Å². The Morgan fingerprint density at radius 1 is 1.17 bits per heavy atom. The van der Waals surface area contributed by atoms with Crippen LogP contribution in [-0.4, -0.2) is 20.4 Å². The van der Waals surface area contributed by atoms with Crippen molar-refractivity contribution in [2.45, 2.75) is 13.0 Å². The van der Waals surface area contributed by atoms with Gasteiger partial charge in [0.2, 0.25) is 5.91 Å². The van der Waals surface area contributed by atoms with Gasteiger partial charge in [0.05, 0.1) is 22.8 Å². The lowest BCUT2D eigenvalue weighted by atomic mass is 10.2. The Morgan fingerprint density at radius 2 is 2.03 bits per heavy atom. The van der Waals surface area contributed by atoms with E-state index >= 15 is 0 Å². The largest absolute Gasteiger partial charge is 0.461 e. The van der Waals surface area contributed by atoms with Gasteiger partial charge in [-0.2, -0.15) is 0 Å². The van der Waals surface area contributed by atoms with Crippen LogP contribution in [0.2, 0.25) is 0 Å². The minimum Gasteiger partial charge on any atom is -0.461 e. The van der Waals surface area contributed by atoms with E-state index in [4.69, 9.17) is 8.83 Å². The number of nitrogens with one attached hydrogen (secondary N) is 2. The van der Waals surface area contributed by atoms with Crippen molar-refractivity contribution in [3.8, 4) is 11.6 Å². The summed E-state index contributed by atoms with van der Waals surface area (Å²) in [6, 6.07) is 15.2. The predicted molar refractivity (Wildman–Crippen MR) is 108 cm³/mol. The second-order valence-electron chi connectivity index (χ2n) is 6.67. The summed E-state index contributed by atoms with van der Waals surface area (Å²) in [7, 11) is 0. The lowest BCUT2D eigenvalue weighted by molar-refractivity contribution is -0.118. The molecule has 0 saturated heterocycles. The minimum atomic E-state index is -0.748. The third kappa shape index (κ3) is 2.91. The first-order valence-electron chi connectivity index (χ1n) is 9.05. The number of aromatic amines is 1. The average Bonchev–Trinajstić information content (AvgIpc) is 3.44. The molecule has 3 heterocycles. The normalized spacial score (nSPS) is 12.4. The van der Waals surface area contributed by atoms with Crippen LogP contribution in [0.15, 0.2) is 74.5 Å². The van der Waals surface area contributed by atoms with E-state index in [-0.39, 0.29) is 5.91 Å². The maximum absolute atomic E-state index is 12.8. The molecule has 0 saturated carbocycles. The van der Waals surface area contributed by atoms with Gasteiger partial charge in [-0.15, -0.1) is 0 Å². The van der Waals surface area contributed by atoms with Crippen molar-refractivity contribution < 1.29 is 13.6 Å². The first-order valence-corrected chi connectivity index (χ1v) is 9.05. The number of anilines is 1. The van der Waals surface area contributed by atoms with Crippen molar-refractivity contribution in [3.05, 3.63) is 71.4 Å². The Balaban J connectivity index is 1.43. The zero-order valence-electron chi connectivity index (χ0n) is 15.4. The first-order chi connectivity index (χ1) is 14.1. The van der Waals surface area contributed by atoms with Gasteiger partial charge in [0.25, 0.3) is 0 Å². The van der Waals surface area contributed by atoms with E-state index in [0.717, 1.165) is 11.0 Å². The fourth-order valence-electron chi connectivity index (χ4n) is 3.33. The van der Waals surface area contributed by atoms with Gasteiger partial charge in [0, 0.05) is 5.69 Å². The van der Waals surface area contributed by atoms with E-state index in [0.29, 0.717) is 28.4 Å². The summed E-state index contributed by atoms with van der Waals surface area (Å²) >= 11 is 0. The highest BCUT2D eigenvalue weighted by atomic mass is 16.4. The van der Waals surface area contributed by atoms with Crippen molar-refractivity contribution in [2.75, 3.05) is 5.32 Å². The van der Waals surface area contributed by atoms with Crippen molar-refractivity contribution in [3.63, 3.8) is 0 Å². The maximum Gasteiger partial charge on any atom is 0.420 e. The molecular weight excluding hydrogens is 372 g/mol. The number of aromatic nitrogens is 3. The molecule has 0 aliphatic carbocycles. The molecule has 0 spiro atoms. The number of rotatable bonds is 4. The molecule has 8 heteroatoms. The van der Waals surface area contributed by atoms with Gasteiger partial charge in [0.1, 0.15) is 6.04 Å². The highest BCUT2D eigenvalue weighted by molar-refractivity contribution is 5.96. The SMILES string of the molecule is CC(C(=O)Nc1ccc2nc(-c3ccco3)[nH]c2c1)n1c(=O)oc2ccccc21. The van der Waals surface area contributed by atoms with Crippen LogP contribution in [0, 0.1) is 0 Å². The zero-order valence-corrected chi connectivity index (χ0v) is 15.4. The van der Waals surface area contributed by atoms with Gasteiger partial charge in [-0.25, -0.2) is 9.78 Å². The lowest BCUT2D eigenvalue weighted by Crippen LogP contribution is -2.29. The highest BCUT2D eigenvalue weighted by Gasteiger charge is 2.21. The molecule has 0 radical (unpaired) electrons. The van der Waals surface area contributed by atoms with E-state index in [2.05, 4.69) is 15.3 Å². The fraction of sp³-hybridized carbons (Fsp3) is 0.0952. The second-order valence-corrected chi connectivity index (χ2v) is 6.67.